The molecule has 0 heterocycles. The topological polar surface area (TPSA) is 35.5 Å². The van der Waals surface area contributed by atoms with Crippen molar-refractivity contribution in [2.75, 3.05) is 6.61 Å². The van der Waals surface area contributed by atoms with Gasteiger partial charge in [-0.15, -0.1) is 0 Å². The first-order valence-electron chi connectivity index (χ1n) is 12.3. The van der Waals surface area contributed by atoms with Crippen molar-refractivity contribution in [3.8, 4) is 16.9 Å². The summed E-state index contributed by atoms with van der Waals surface area (Å²) < 4.78 is 55.1. The molecule has 0 spiro atoms. The summed E-state index contributed by atoms with van der Waals surface area (Å²) in [7, 11) is 0. The molecule has 6 heteroatoms. The van der Waals surface area contributed by atoms with E-state index in [1.165, 1.54) is 12.1 Å². The second-order valence-electron chi connectivity index (χ2n) is 8.91. The van der Waals surface area contributed by atoms with Crippen molar-refractivity contribution >= 4 is 12.0 Å². The van der Waals surface area contributed by atoms with Gasteiger partial charge in [-0.1, -0.05) is 48.6 Å². The van der Waals surface area contributed by atoms with Crippen LogP contribution >= 0.6 is 0 Å². The van der Waals surface area contributed by atoms with E-state index >= 15 is 4.39 Å². The molecule has 0 radical (unpaired) electrons. The minimum absolute atomic E-state index is 0.150. The summed E-state index contributed by atoms with van der Waals surface area (Å²) in [5, 5.41) is 0. The van der Waals surface area contributed by atoms with E-state index in [0.717, 1.165) is 11.6 Å². The standard InChI is InChI=1S/C30H29F3O3/c1-3-5-19-6-8-20(9-7-19)24-16-17-25(29(33)28(24)32)21-10-12-22(13-11-21)36-30(34)26-15-14-23(35-4-2)18-27(26)31/h3,5-9,14-18,21-22H,4,10-13H2,1-2H3/b5-3+. The summed E-state index contributed by atoms with van der Waals surface area (Å²) >= 11 is 0. The van der Waals surface area contributed by atoms with Crippen LogP contribution in [-0.4, -0.2) is 18.7 Å². The lowest BCUT2D eigenvalue weighted by Crippen LogP contribution is -2.24. The molecule has 1 saturated carbocycles. The SMILES string of the molecule is C/C=C/c1ccc(-c2ccc(C3CCC(OC(=O)c4ccc(OCC)cc4F)CC3)c(F)c2F)cc1. The lowest BCUT2D eigenvalue weighted by molar-refractivity contribution is 0.0189. The molecule has 36 heavy (non-hydrogen) atoms. The first-order chi connectivity index (χ1) is 17.4. The average molecular weight is 495 g/mol. The summed E-state index contributed by atoms with van der Waals surface area (Å²) in [6, 6.07) is 14.6. The molecule has 188 valence electrons. The number of rotatable bonds is 7. The predicted molar refractivity (Wildman–Crippen MR) is 134 cm³/mol. The van der Waals surface area contributed by atoms with Gasteiger partial charge in [0.1, 0.15) is 17.7 Å². The summed E-state index contributed by atoms with van der Waals surface area (Å²) in [6.45, 7) is 4.10. The van der Waals surface area contributed by atoms with Crippen LogP contribution in [0.1, 0.15) is 66.9 Å². The fourth-order valence-electron chi connectivity index (χ4n) is 4.69. The lowest BCUT2D eigenvalue weighted by atomic mass is 9.82. The number of carbonyl (C=O) groups excluding carboxylic acids is 1. The number of halogens is 3. The maximum atomic E-state index is 15.1. The first kappa shape index (κ1) is 25.5. The fourth-order valence-corrected chi connectivity index (χ4v) is 4.69. The fraction of sp³-hybridized carbons (Fsp3) is 0.300. The van der Waals surface area contributed by atoms with Gasteiger partial charge in [-0.3, -0.25) is 0 Å². The molecule has 0 N–H and O–H groups in total. The second kappa shape index (κ2) is 11.5. The van der Waals surface area contributed by atoms with Crippen LogP contribution in [-0.2, 0) is 4.74 Å². The van der Waals surface area contributed by atoms with Crippen LogP contribution in [0.15, 0.2) is 60.7 Å². The molecule has 0 aromatic heterocycles. The molecule has 1 aliphatic rings. The number of carbonyl (C=O) groups is 1. The molecule has 0 atom stereocenters. The predicted octanol–water partition coefficient (Wildman–Crippen LogP) is 8.09. The van der Waals surface area contributed by atoms with Gasteiger partial charge >= 0.3 is 5.97 Å². The molecule has 4 rings (SSSR count). The van der Waals surface area contributed by atoms with Crippen molar-refractivity contribution in [3.63, 3.8) is 0 Å². The molecule has 1 aliphatic carbocycles. The van der Waals surface area contributed by atoms with Gasteiger partial charge in [0.15, 0.2) is 11.6 Å². The van der Waals surface area contributed by atoms with Gasteiger partial charge in [0.05, 0.1) is 12.2 Å². The number of hydrogen-bond acceptors (Lipinski definition) is 3. The third kappa shape index (κ3) is 5.64. The Balaban J connectivity index is 1.39. The zero-order chi connectivity index (χ0) is 25.7. The van der Waals surface area contributed by atoms with E-state index in [0.29, 0.717) is 49.2 Å². The number of allylic oxidation sites excluding steroid dienone is 1. The maximum Gasteiger partial charge on any atom is 0.341 e. The molecule has 0 aliphatic heterocycles. The summed E-state index contributed by atoms with van der Waals surface area (Å²) in [6.07, 6.45) is 5.51. The van der Waals surface area contributed by atoms with Gasteiger partial charge in [0, 0.05) is 11.6 Å². The van der Waals surface area contributed by atoms with Crippen LogP contribution in [0.25, 0.3) is 17.2 Å². The van der Waals surface area contributed by atoms with Crippen LogP contribution in [0.3, 0.4) is 0 Å². The highest BCUT2D eigenvalue weighted by Gasteiger charge is 2.29. The van der Waals surface area contributed by atoms with Crippen LogP contribution in [0.4, 0.5) is 13.2 Å². The monoisotopic (exact) mass is 494 g/mol. The third-order valence-electron chi connectivity index (χ3n) is 6.55. The Kier molecular flexibility index (Phi) is 8.14. The number of ether oxygens (including phenoxy) is 2. The summed E-state index contributed by atoms with van der Waals surface area (Å²) in [5.74, 6) is -2.96. The quantitative estimate of drug-likeness (QED) is 0.312. The van der Waals surface area contributed by atoms with Crippen LogP contribution in [0, 0.1) is 17.5 Å². The Morgan fingerprint density at radius 3 is 2.31 bits per heavy atom. The van der Waals surface area contributed by atoms with Gasteiger partial charge in [-0.05, 0) is 74.3 Å². The minimum atomic E-state index is -0.856. The number of esters is 1. The van der Waals surface area contributed by atoms with E-state index in [9.17, 15) is 13.6 Å². The Bertz CT molecular complexity index is 1240. The van der Waals surface area contributed by atoms with Gasteiger partial charge in [-0.2, -0.15) is 0 Å². The highest BCUT2D eigenvalue weighted by molar-refractivity contribution is 5.90. The van der Waals surface area contributed by atoms with Crippen molar-refractivity contribution < 1.29 is 27.4 Å². The Hall–Kier alpha value is -3.54. The molecular formula is C30H29F3O3. The number of hydrogen-bond donors (Lipinski definition) is 0. The van der Waals surface area contributed by atoms with Gasteiger partial charge in [0.2, 0.25) is 0 Å². The van der Waals surface area contributed by atoms with Crippen molar-refractivity contribution in [1.82, 2.24) is 0 Å². The largest absolute Gasteiger partial charge is 0.494 e. The molecule has 0 bridgehead atoms. The highest BCUT2D eigenvalue weighted by atomic mass is 19.2. The number of benzene rings is 3. The lowest BCUT2D eigenvalue weighted by Gasteiger charge is -2.29. The first-order valence-corrected chi connectivity index (χ1v) is 12.3. The van der Waals surface area contributed by atoms with Crippen LogP contribution in [0.2, 0.25) is 0 Å². The van der Waals surface area contributed by atoms with E-state index in [4.69, 9.17) is 9.47 Å². The van der Waals surface area contributed by atoms with Crippen molar-refractivity contribution in [2.45, 2.75) is 51.6 Å². The molecule has 3 aromatic rings. The van der Waals surface area contributed by atoms with Crippen molar-refractivity contribution in [1.29, 1.82) is 0 Å². The smallest absolute Gasteiger partial charge is 0.341 e. The maximum absolute atomic E-state index is 15.1. The molecule has 1 fully saturated rings. The summed E-state index contributed by atoms with van der Waals surface area (Å²) in [5.41, 5.74) is 2.01. The zero-order valence-electron chi connectivity index (χ0n) is 20.4. The minimum Gasteiger partial charge on any atom is -0.494 e. The summed E-state index contributed by atoms with van der Waals surface area (Å²) in [4.78, 5) is 12.5. The molecule has 0 amide bonds. The van der Waals surface area contributed by atoms with Crippen molar-refractivity contribution in [2.24, 2.45) is 0 Å². The molecule has 0 saturated heterocycles. The highest BCUT2D eigenvalue weighted by Crippen LogP contribution is 2.38. The van der Waals surface area contributed by atoms with Crippen LogP contribution in [0.5, 0.6) is 5.75 Å². The molecule has 3 aromatic carbocycles. The van der Waals surface area contributed by atoms with Gasteiger partial charge in [0.25, 0.3) is 0 Å². The van der Waals surface area contributed by atoms with E-state index in [1.54, 1.807) is 31.2 Å². The third-order valence-corrected chi connectivity index (χ3v) is 6.55. The Morgan fingerprint density at radius 1 is 0.944 bits per heavy atom. The molecule has 3 nitrogen and oxygen atoms in total. The van der Waals surface area contributed by atoms with Crippen molar-refractivity contribution in [3.05, 3.63) is 94.8 Å². The van der Waals surface area contributed by atoms with Gasteiger partial charge < -0.3 is 9.47 Å². The molecular weight excluding hydrogens is 465 g/mol. The van der Waals surface area contributed by atoms with Crippen LogP contribution < -0.4 is 4.74 Å². The van der Waals surface area contributed by atoms with E-state index in [-0.39, 0.29) is 17.0 Å². The van der Waals surface area contributed by atoms with E-state index < -0.39 is 29.5 Å². The van der Waals surface area contributed by atoms with E-state index in [1.807, 2.05) is 31.2 Å². The second-order valence-corrected chi connectivity index (χ2v) is 8.91. The Morgan fingerprint density at radius 2 is 1.67 bits per heavy atom. The average Bonchev–Trinajstić information content (AvgIpc) is 2.87. The molecule has 0 unspecified atom stereocenters. The van der Waals surface area contributed by atoms with E-state index in [2.05, 4.69) is 0 Å². The normalized spacial score (nSPS) is 17.8. The Labute approximate surface area is 209 Å². The zero-order valence-corrected chi connectivity index (χ0v) is 20.4. The van der Waals surface area contributed by atoms with Gasteiger partial charge in [-0.25, -0.2) is 18.0 Å².